The molecule has 1 fully saturated rings. The van der Waals surface area contributed by atoms with E-state index in [1.165, 1.54) is 0 Å². The number of nitrogen functional groups attached to an aromatic ring is 1. The summed E-state index contributed by atoms with van der Waals surface area (Å²) in [5.74, 6) is 1.46. The molecule has 1 aromatic carbocycles. The molecule has 1 aromatic rings. The van der Waals surface area contributed by atoms with Gasteiger partial charge in [-0.1, -0.05) is 0 Å². The van der Waals surface area contributed by atoms with Crippen LogP contribution in [0, 0.1) is 0 Å². The number of methoxy groups -OCH3 is 2. The lowest BCUT2D eigenvalue weighted by Crippen LogP contribution is -2.48. The van der Waals surface area contributed by atoms with Crippen LogP contribution in [-0.4, -0.2) is 51.5 Å². The fraction of sp³-hybridized carbons (Fsp3) is 0.600. The van der Waals surface area contributed by atoms with Crippen LogP contribution < -0.4 is 15.2 Å². The summed E-state index contributed by atoms with van der Waals surface area (Å²) in [6.07, 6.45) is 2.32. The number of nitrogens with two attached hydrogens (primary N) is 1. The summed E-state index contributed by atoms with van der Waals surface area (Å²) in [6, 6.07) is 6.07. The maximum absolute atomic E-state index is 5.97. The number of rotatable bonds is 7. The quantitative estimate of drug-likeness (QED) is 0.771. The summed E-state index contributed by atoms with van der Waals surface area (Å²) in [4.78, 5) is 2.32. The van der Waals surface area contributed by atoms with E-state index in [4.69, 9.17) is 19.9 Å². The SMILES string of the molecule is COCCN(C)C1CC(Oc2ccc(N)cc2OC)C1. The van der Waals surface area contributed by atoms with Gasteiger partial charge in [0.05, 0.1) is 13.7 Å². The van der Waals surface area contributed by atoms with Crippen LogP contribution in [0.25, 0.3) is 0 Å². The molecule has 0 radical (unpaired) electrons. The number of likely N-dealkylation sites (N-methyl/N-ethyl adjacent to an activating group) is 1. The lowest BCUT2D eigenvalue weighted by atomic mass is 9.88. The predicted octanol–water partition coefficient (Wildman–Crippen LogP) is 1.77. The molecule has 1 aliphatic carbocycles. The third-order valence-electron chi connectivity index (χ3n) is 3.82. The van der Waals surface area contributed by atoms with E-state index in [0.29, 0.717) is 17.5 Å². The van der Waals surface area contributed by atoms with Crippen molar-refractivity contribution in [1.82, 2.24) is 4.90 Å². The van der Waals surface area contributed by atoms with Gasteiger partial charge in [0.1, 0.15) is 6.10 Å². The van der Waals surface area contributed by atoms with Crippen molar-refractivity contribution in [2.45, 2.75) is 25.0 Å². The Labute approximate surface area is 120 Å². The molecule has 5 heteroatoms. The lowest BCUT2D eigenvalue weighted by molar-refractivity contribution is 0.0180. The summed E-state index contributed by atoms with van der Waals surface area (Å²) >= 11 is 0. The Balaban J connectivity index is 1.82. The second kappa shape index (κ2) is 6.81. The Morgan fingerprint density at radius 2 is 2.00 bits per heavy atom. The molecule has 0 aromatic heterocycles. The van der Waals surface area contributed by atoms with Crippen molar-refractivity contribution in [1.29, 1.82) is 0 Å². The van der Waals surface area contributed by atoms with Crippen molar-refractivity contribution in [2.75, 3.05) is 40.2 Å². The van der Waals surface area contributed by atoms with Crippen LogP contribution in [0.1, 0.15) is 12.8 Å². The van der Waals surface area contributed by atoms with Crippen molar-refractivity contribution in [3.8, 4) is 11.5 Å². The van der Waals surface area contributed by atoms with Crippen molar-refractivity contribution in [2.24, 2.45) is 0 Å². The highest BCUT2D eigenvalue weighted by Gasteiger charge is 2.33. The summed E-state index contributed by atoms with van der Waals surface area (Å²) < 4.78 is 16.4. The van der Waals surface area contributed by atoms with Gasteiger partial charge in [-0.2, -0.15) is 0 Å². The van der Waals surface area contributed by atoms with Gasteiger partial charge in [-0.3, -0.25) is 0 Å². The smallest absolute Gasteiger partial charge is 0.162 e. The zero-order valence-corrected chi connectivity index (χ0v) is 12.5. The maximum Gasteiger partial charge on any atom is 0.162 e. The van der Waals surface area contributed by atoms with Gasteiger partial charge < -0.3 is 24.8 Å². The number of hydrogen-bond donors (Lipinski definition) is 1. The minimum Gasteiger partial charge on any atom is -0.493 e. The molecule has 0 saturated heterocycles. The molecule has 1 saturated carbocycles. The fourth-order valence-electron chi connectivity index (χ4n) is 2.37. The van der Waals surface area contributed by atoms with Crippen molar-refractivity contribution in [3.63, 3.8) is 0 Å². The van der Waals surface area contributed by atoms with Gasteiger partial charge in [-0.15, -0.1) is 0 Å². The lowest BCUT2D eigenvalue weighted by Gasteiger charge is -2.41. The standard InChI is InChI=1S/C15H24N2O3/c1-17(6-7-18-2)12-9-13(10-12)20-14-5-4-11(16)8-15(14)19-3/h4-5,8,12-13H,6-7,9-10,16H2,1-3H3. The first kappa shape index (κ1) is 14.9. The van der Waals surface area contributed by atoms with Gasteiger partial charge >= 0.3 is 0 Å². The van der Waals surface area contributed by atoms with E-state index in [0.717, 1.165) is 31.7 Å². The molecule has 112 valence electrons. The van der Waals surface area contributed by atoms with Crippen LogP contribution in [-0.2, 0) is 4.74 Å². The number of nitrogens with zero attached hydrogens (tertiary/aromatic N) is 1. The highest BCUT2D eigenvalue weighted by Crippen LogP contribution is 2.34. The molecule has 0 heterocycles. The highest BCUT2D eigenvalue weighted by atomic mass is 16.5. The molecule has 20 heavy (non-hydrogen) atoms. The molecule has 0 aliphatic heterocycles. The van der Waals surface area contributed by atoms with E-state index in [2.05, 4.69) is 11.9 Å². The summed E-state index contributed by atoms with van der Waals surface area (Å²) in [6.45, 7) is 1.73. The van der Waals surface area contributed by atoms with Crippen LogP contribution in [0.3, 0.4) is 0 Å². The van der Waals surface area contributed by atoms with E-state index in [9.17, 15) is 0 Å². The Morgan fingerprint density at radius 1 is 1.25 bits per heavy atom. The van der Waals surface area contributed by atoms with Crippen LogP contribution in [0.15, 0.2) is 18.2 Å². The third kappa shape index (κ3) is 3.55. The van der Waals surface area contributed by atoms with E-state index in [1.54, 1.807) is 20.3 Å². The molecular weight excluding hydrogens is 256 g/mol. The van der Waals surface area contributed by atoms with Gasteiger partial charge in [0.2, 0.25) is 0 Å². The number of benzene rings is 1. The number of anilines is 1. The van der Waals surface area contributed by atoms with Gasteiger partial charge in [0, 0.05) is 44.3 Å². The zero-order chi connectivity index (χ0) is 14.5. The molecule has 0 spiro atoms. The molecule has 5 nitrogen and oxygen atoms in total. The molecular formula is C15H24N2O3. The average Bonchev–Trinajstić information content (AvgIpc) is 2.40. The largest absolute Gasteiger partial charge is 0.493 e. The first-order chi connectivity index (χ1) is 9.63. The van der Waals surface area contributed by atoms with Gasteiger partial charge in [-0.05, 0) is 19.2 Å². The Hall–Kier alpha value is -1.46. The highest BCUT2D eigenvalue weighted by molar-refractivity contribution is 5.52. The van der Waals surface area contributed by atoms with Crippen molar-refractivity contribution in [3.05, 3.63) is 18.2 Å². The summed E-state index contributed by atoms with van der Waals surface area (Å²) in [5, 5.41) is 0. The molecule has 2 rings (SSSR count). The van der Waals surface area contributed by atoms with Gasteiger partial charge in [0.15, 0.2) is 11.5 Å². The summed E-state index contributed by atoms with van der Waals surface area (Å²) in [5.41, 5.74) is 6.42. The van der Waals surface area contributed by atoms with Gasteiger partial charge in [-0.25, -0.2) is 0 Å². The van der Waals surface area contributed by atoms with Gasteiger partial charge in [0.25, 0.3) is 0 Å². The number of ether oxygens (including phenoxy) is 3. The molecule has 0 bridgehead atoms. The Kier molecular flexibility index (Phi) is 5.09. The zero-order valence-electron chi connectivity index (χ0n) is 12.5. The maximum atomic E-state index is 5.97. The van der Waals surface area contributed by atoms with Crippen molar-refractivity contribution < 1.29 is 14.2 Å². The van der Waals surface area contributed by atoms with Crippen molar-refractivity contribution >= 4 is 5.69 Å². The Morgan fingerprint density at radius 3 is 2.65 bits per heavy atom. The van der Waals surface area contributed by atoms with E-state index >= 15 is 0 Å². The van der Waals surface area contributed by atoms with E-state index in [1.807, 2.05) is 12.1 Å². The summed E-state index contributed by atoms with van der Waals surface area (Å²) in [7, 11) is 5.49. The second-order valence-corrected chi connectivity index (χ2v) is 5.25. The first-order valence-corrected chi connectivity index (χ1v) is 6.93. The monoisotopic (exact) mass is 280 g/mol. The van der Waals surface area contributed by atoms with Crippen LogP contribution >= 0.6 is 0 Å². The normalized spacial score (nSPS) is 21.6. The predicted molar refractivity (Wildman–Crippen MR) is 79.4 cm³/mol. The molecule has 0 amide bonds. The second-order valence-electron chi connectivity index (χ2n) is 5.25. The Bertz CT molecular complexity index is 433. The minimum absolute atomic E-state index is 0.252. The number of hydrogen-bond acceptors (Lipinski definition) is 5. The first-order valence-electron chi connectivity index (χ1n) is 6.93. The third-order valence-corrected chi connectivity index (χ3v) is 3.82. The average molecular weight is 280 g/mol. The van der Waals surface area contributed by atoms with Crippen LogP contribution in [0.4, 0.5) is 5.69 Å². The molecule has 2 N–H and O–H groups in total. The van der Waals surface area contributed by atoms with E-state index in [-0.39, 0.29) is 6.10 Å². The van der Waals surface area contributed by atoms with Crippen LogP contribution in [0.2, 0.25) is 0 Å². The molecule has 0 unspecified atom stereocenters. The minimum atomic E-state index is 0.252. The fourth-order valence-corrected chi connectivity index (χ4v) is 2.37. The molecule has 0 atom stereocenters. The van der Waals surface area contributed by atoms with E-state index < -0.39 is 0 Å². The topological polar surface area (TPSA) is 57.0 Å². The molecule has 1 aliphatic rings. The van der Waals surface area contributed by atoms with Crippen LogP contribution in [0.5, 0.6) is 11.5 Å².